The Morgan fingerprint density at radius 1 is 1.27 bits per heavy atom. The van der Waals surface area contributed by atoms with Gasteiger partial charge in [0.25, 0.3) is 0 Å². The molecule has 2 N–H and O–H groups in total. The molecule has 1 amide bonds. The fourth-order valence-corrected chi connectivity index (χ4v) is 4.20. The predicted octanol–water partition coefficient (Wildman–Crippen LogP) is 3.45. The van der Waals surface area contributed by atoms with Crippen LogP contribution < -0.4 is 10.6 Å². The van der Waals surface area contributed by atoms with Crippen molar-refractivity contribution >= 4 is 34.8 Å². The smallest absolute Gasteiger partial charge is 0.220 e. The molecule has 0 aromatic heterocycles. The van der Waals surface area contributed by atoms with E-state index in [1.54, 1.807) is 13.0 Å². The number of hydrogen-bond acceptors (Lipinski definition) is 3. The summed E-state index contributed by atoms with van der Waals surface area (Å²) in [4.78, 5) is 14.4. The van der Waals surface area contributed by atoms with Crippen molar-refractivity contribution in [3.63, 3.8) is 0 Å². The third-order valence-electron chi connectivity index (χ3n) is 4.53. The molecule has 1 saturated heterocycles. The minimum absolute atomic E-state index is 0.0369. The number of amides is 1. The first-order chi connectivity index (χ1) is 10.6. The van der Waals surface area contributed by atoms with Crippen LogP contribution in [0.5, 0.6) is 0 Å². The molecule has 6 heteroatoms. The van der Waals surface area contributed by atoms with Gasteiger partial charge in [-0.2, -0.15) is 0 Å². The Hall–Kier alpha value is -0.970. The highest BCUT2D eigenvalue weighted by atomic mass is 35.5. The van der Waals surface area contributed by atoms with Gasteiger partial charge in [-0.05, 0) is 37.9 Å². The predicted molar refractivity (Wildman–Crippen MR) is 90.7 cm³/mol. The first-order valence-electron chi connectivity index (χ1n) is 7.80. The van der Waals surface area contributed by atoms with Crippen molar-refractivity contribution in [1.82, 2.24) is 10.2 Å². The summed E-state index contributed by atoms with van der Waals surface area (Å²) in [6.07, 6.45) is 3.02. The van der Waals surface area contributed by atoms with Crippen LogP contribution in [0.4, 0.5) is 5.69 Å². The van der Waals surface area contributed by atoms with Gasteiger partial charge in [0.15, 0.2) is 0 Å². The summed E-state index contributed by atoms with van der Waals surface area (Å²) < 4.78 is 0. The zero-order valence-electron chi connectivity index (χ0n) is 12.7. The van der Waals surface area contributed by atoms with Crippen molar-refractivity contribution in [3.05, 3.63) is 27.7 Å². The largest absolute Gasteiger partial charge is 0.383 e. The van der Waals surface area contributed by atoms with Crippen molar-refractivity contribution in [2.24, 2.45) is 0 Å². The Morgan fingerprint density at radius 2 is 2.09 bits per heavy atom. The molecule has 0 saturated carbocycles. The summed E-state index contributed by atoms with van der Waals surface area (Å²) in [5.41, 5.74) is 1.95. The number of hydrogen-bond donors (Lipinski definition) is 2. The molecule has 1 aromatic rings. The third kappa shape index (κ3) is 3.05. The second-order valence-corrected chi connectivity index (χ2v) is 6.85. The van der Waals surface area contributed by atoms with Crippen LogP contribution in [0.25, 0.3) is 0 Å². The maximum atomic E-state index is 12.3. The van der Waals surface area contributed by atoms with Gasteiger partial charge >= 0.3 is 0 Å². The fourth-order valence-electron chi connectivity index (χ4n) is 3.62. The van der Waals surface area contributed by atoms with E-state index < -0.39 is 0 Å². The summed E-state index contributed by atoms with van der Waals surface area (Å²) in [5.74, 6) is 0.114. The molecule has 4 nitrogen and oxygen atoms in total. The molecular weight excluding hydrogens is 321 g/mol. The summed E-state index contributed by atoms with van der Waals surface area (Å²) in [5, 5.41) is 7.97. The van der Waals surface area contributed by atoms with E-state index >= 15 is 0 Å². The highest BCUT2D eigenvalue weighted by Gasteiger charge is 2.34. The average molecular weight is 342 g/mol. The van der Waals surface area contributed by atoms with Gasteiger partial charge in [0.05, 0.1) is 16.8 Å². The number of fused-ring (bicyclic) bond motifs is 1. The van der Waals surface area contributed by atoms with E-state index in [1.807, 2.05) is 11.0 Å². The number of rotatable bonds is 2. The van der Waals surface area contributed by atoms with Crippen molar-refractivity contribution in [3.8, 4) is 0 Å². The van der Waals surface area contributed by atoms with E-state index in [4.69, 9.17) is 23.2 Å². The summed E-state index contributed by atoms with van der Waals surface area (Å²) in [6.45, 7) is 4.35. The molecule has 1 unspecified atom stereocenters. The third-order valence-corrected chi connectivity index (χ3v) is 5.04. The second kappa shape index (κ2) is 6.65. The van der Waals surface area contributed by atoms with Crippen LogP contribution >= 0.6 is 23.2 Å². The van der Waals surface area contributed by atoms with Gasteiger partial charge < -0.3 is 15.5 Å². The number of carbonyl (C=O) groups excluding carboxylic acids is 1. The molecule has 0 aliphatic carbocycles. The number of benzene rings is 1. The van der Waals surface area contributed by atoms with Crippen molar-refractivity contribution in [1.29, 1.82) is 0 Å². The Morgan fingerprint density at radius 3 is 2.77 bits per heavy atom. The van der Waals surface area contributed by atoms with E-state index in [2.05, 4.69) is 10.6 Å². The minimum Gasteiger partial charge on any atom is -0.383 e. The van der Waals surface area contributed by atoms with Crippen LogP contribution in [0.2, 0.25) is 10.0 Å². The molecule has 2 aliphatic heterocycles. The first kappa shape index (κ1) is 15.9. The van der Waals surface area contributed by atoms with Crippen LogP contribution in [0.15, 0.2) is 12.1 Å². The number of nitrogens with zero attached hydrogens (tertiary/aromatic N) is 1. The Balaban J connectivity index is 1.98. The van der Waals surface area contributed by atoms with Gasteiger partial charge in [0.2, 0.25) is 5.91 Å². The Bertz CT molecular complexity index is 573. The quantitative estimate of drug-likeness (QED) is 0.865. The van der Waals surface area contributed by atoms with Gasteiger partial charge in [0.1, 0.15) is 0 Å². The lowest BCUT2D eigenvalue weighted by Gasteiger charge is -2.42. The normalized spacial score (nSPS) is 24.3. The second-order valence-electron chi connectivity index (χ2n) is 6.01. The van der Waals surface area contributed by atoms with Gasteiger partial charge in [-0.25, -0.2) is 0 Å². The number of anilines is 1. The van der Waals surface area contributed by atoms with Gasteiger partial charge in [-0.3, -0.25) is 4.79 Å². The number of halogens is 2. The Labute approximate surface area is 141 Å². The molecule has 2 atom stereocenters. The monoisotopic (exact) mass is 341 g/mol. The summed E-state index contributed by atoms with van der Waals surface area (Å²) in [6, 6.07) is 3.96. The lowest BCUT2D eigenvalue weighted by atomic mass is 9.93. The summed E-state index contributed by atoms with van der Waals surface area (Å²) >= 11 is 12.5. The van der Waals surface area contributed by atoms with Crippen LogP contribution in [-0.2, 0) is 4.79 Å². The van der Waals surface area contributed by atoms with E-state index in [1.165, 1.54) is 0 Å². The molecule has 1 fully saturated rings. The molecule has 22 heavy (non-hydrogen) atoms. The fraction of sp³-hybridized carbons (Fsp3) is 0.562. The van der Waals surface area contributed by atoms with Crippen LogP contribution in [-0.4, -0.2) is 36.5 Å². The van der Waals surface area contributed by atoms with Crippen molar-refractivity contribution in [2.75, 3.05) is 25.0 Å². The van der Waals surface area contributed by atoms with Crippen LogP contribution in [0, 0.1) is 0 Å². The molecule has 120 valence electrons. The molecule has 0 radical (unpaired) electrons. The molecule has 0 spiro atoms. The molecule has 0 bridgehead atoms. The van der Waals surface area contributed by atoms with Gasteiger partial charge in [-0.1, -0.05) is 23.2 Å². The number of nitrogens with one attached hydrogen (secondary N) is 2. The van der Waals surface area contributed by atoms with E-state index in [0.29, 0.717) is 10.0 Å². The molecule has 2 aliphatic rings. The maximum Gasteiger partial charge on any atom is 0.220 e. The first-order valence-corrected chi connectivity index (χ1v) is 8.56. The summed E-state index contributed by atoms with van der Waals surface area (Å²) in [7, 11) is 0. The highest BCUT2D eigenvalue weighted by molar-refractivity contribution is 6.36. The van der Waals surface area contributed by atoms with E-state index in [0.717, 1.165) is 50.1 Å². The molecule has 2 heterocycles. The zero-order valence-corrected chi connectivity index (χ0v) is 14.2. The SMILES string of the molecule is CC(=O)N(C1CCNc2c(Cl)cc(Cl)cc21)[C@H]1CCCNC1. The topological polar surface area (TPSA) is 44.4 Å². The van der Waals surface area contributed by atoms with Crippen LogP contribution in [0.3, 0.4) is 0 Å². The van der Waals surface area contributed by atoms with E-state index in [-0.39, 0.29) is 18.0 Å². The molecule has 3 rings (SSSR count). The lowest BCUT2D eigenvalue weighted by molar-refractivity contribution is -0.134. The molecular formula is C16H21Cl2N3O. The lowest BCUT2D eigenvalue weighted by Crippen LogP contribution is -2.50. The standard InChI is InChI=1S/C16H21Cl2N3O/c1-10(22)21(12-3-2-5-19-9-12)15-4-6-20-16-13(15)7-11(17)8-14(16)18/h7-8,12,15,19-20H,2-6,9H2,1H3/t12-,15?/m0/s1. The highest BCUT2D eigenvalue weighted by Crippen LogP contribution is 2.41. The molecule has 1 aromatic carbocycles. The van der Waals surface area contributed by atoms with E-state index in [9.17, 15) is 4.79 Å². The van der Waals surface area contributed by atoms with Crippen LogP contribution in [0.1, 0.15) is 37.8 Å². The van der Waals surface area contributed by atoms with Gasteiger partial charge in [0, 0.05) is 36.6 Å². The average Bonchev–Trinajstić information content (AvgIpc) is 2.49. The Kier molecular flexibility index (Phi) is 4.81. The van der Waals surface area contributed by atoms with Gasteiger partial charge in [-0.15, -0.1) is 0 Å². The number of piperidine rings is 1. The minimum atomic E-state index is 0.0369. The maximum absolute atomic E-state index is 12.3. The number of carbonyl (C=O) groups is 1. The van der Waals surface area contributed by atoms with Crippen molar-refractivity contribution in [2.45, 2.75) is 38.3 Å². The van der Waals surface area contributed by atoms with Crippen molar-refractivity contribution < 1.29 is 4.79 Å². The zero-order chi connectivity index (χ0) is 15.7.